The topological polar surface area (TPSA) is 43.6 Å². The van der Waals surface area contributed by atoms with E-state index in [1.54, 1.807) is 12.7 Å². The van der Waals surface area contributed by atoms with Gasteiger partial charge in [0, 0.05) is 6.54 Å². The van der Waals surface area contributed by atoms with E-state index in [0.29, 0.717) is 0 Å². The van der Waals surface area contributed by atoms with E-state index in [1.807, 2.05) is 23.6 Å². The van der Waals surface area contributed by atoms with Gasteiger partial charge in [0.15, 0.2) is 5.65 Å². The van der Waals surface area contributed by atoms with Gasteiger partial charge in [-0.2, -0.15) is 0 Å². The Morgan fingerprint density at radius 3 is 2.93 bits per heavy atom. The summed E-state index contributed by atoms with van der Waals surface area (Å²) >= 11 is 0. The minimum absolute atomic E-state index is 0.759. The third-order valence-electron chi connectivity index (χ3n) is 2.10. The van der Waals surface area contributed by atoms with Crippen molar-refractivity contribution in [3.8, 4) is 0 Å². The third-order valence-corrected chi connectivity index (χ3v) is 2.10. The van der Waals surface area contributed by atoms with E-state index in [1.165, 1.54) is 0 Å². The van der Waals surface area contributed by atoms with Crippen LogP contribution in [0.3, 0.4) is 0 Å². The lowest BCUT2D eigenvalue weighted by molar-refractivity contribution is 0.785. The first-order chi connectivity index (χ1) is 6.86. The Morgan fingerprint density at radius 2 is 2.21 bits per heavy atom. The molecule has 2 heterocycles. The molecular formula is C10H12N4. The lowest BCUT2D eigenvalue weighted by Crippen LogP contribution is -1.95. The van der Waals surface area contributed by atoms with Gasteiger partial charge < -0.3 is 4.57 Å². The average Bonchev–Trinajstić information content (AvgIpc) is 2.62. The molecule has 14 heavy (non-hydrogen) atoms. The molecule has 0 fully saturated rings. The van der Waals surface area contributed by atoms with Crippen LogP contribution in [0.4, 0.5) is 0 Å². The van der Waals surface area contributed by atoms with Crippen molar-refractivity contribution in [1.82, 2.24) is 19.5 Å². The standard InChI is InChI=1S/C10H12N4/c1-3-5-8-9-10(12-6-11-8)13-7-14(9)4-2/h3,5-7H,4H2,1-2H3/b5-3+. The van der Waals surface area contributed by atoms with E-state index in [2.05, 4.69) is 21.9 Å². The molecule has 4 nitrogen and oxygen atoms in total. The van der Waals surface area contributed by atoms with E-state index in [9.17, 15) is 0 Å². The number of rotatable bonds is 2. The molecule has 0 aliphatic rings. The highest BCUT2D eigenvalue weighted by Crippen LogP contribution is 2.14. The van der Waals surface area contributed by atoms with Crippen molar-refractivity contribution in [2.75, 3.05) is 0 Å². The molecule has 0 saturated heterocycles. The molecule has 0 radical (unpaired) electrons. The summed E-state index contributed by atoms with van der Waals surface area (Å²) < 4.78 is 2.05. The Labute approximate surface area is 82.3 Å². The first kappa shape index (κ1) is 8.87. The molecule has 0 spiro atoms. The highest BCUT2D eigenvalue weighted by atomic mass is 15.1. The molecule has 0 bridgehead atoms. The van der Waals surface area contributed by atoms with Gasteiger partial charge in [0.1, 0.15) is 11.8 Å². The molecule has 4 heteroatoms. The summed E-state index contributed by atoms with van der Waals surface area (Å²) in [4.78, 5) is 12.5. The molecule has 2 aromatic rings. The molecular weight excluding hydrogens is 176 g/mol. The zero-order chi connectivity index (χ0) is 9.97. The van der Waals surface area contributed by atoms with Gasteiger partial charge in [-0.1, -0.05) is 6.08 Å². The zero-order valence-corrected chi connectivity index (χ0v) is 8.31. The molecule has 2 rings (SSSR count). The van der Waals surface area contributed by atoms with Crippen molar-refractivity contribution in [3.63, 3.8) is 0 Å². The molecule has 0 aromatic carbocycles. The second-order valence-corrected chi connectivity index (χ2v) is 2.96. The molecule has 0 N–H and O–H groups in total. The highest BCUT2D eigenvalue weighted by molar-refractivity contribution is 5.79. The summed E-state index contributed by atoms with van der Waals surface area (Å²) in [6, 6.07) is 0. The van der Waals surface area contributed by atoms with Crippen LogP contribution in [0, 0.1) is 0 Å². The van der Waals surface area contributed by atoms with E-state index in [4.69, 9.17) is 0 Å². The van der Waals surface area contributed by atoms with Gasteiger partial charge in [-0.25, -0.2) is 15.0 Å². The fourth-order valence-electron chi connectivity index (χ4n) is 1.45. The molecule has 0 amide bonds. The van der Waals surface area contributed by atoms with Gasteiger partial charge in [-0.15, -0.1) is 0 Å². The van der Waals surface area contributed by atoms with Gasteiger partial charge >= 0.3 is 0 Å². The van der Waals surface area contributed by atoms with Crippen LogP contribution in [0.1, 0.15) is 19.5 Å². The largest absolute Gasteiger partial charge is 0.328 e. The number of hydrogen-bond acceptors (Lipinski definition) is 3. The van der Waals surface area contributed by atoms with Crippen molar-refractivity contribution in [1.29, 1.82) is 0 Å². The maximum atomic E-state index is 4.22. The first-order valence-corrected chi connectivity index (χ1v) is 4.65. The molecule has 0 unspecified atom stereocenters. The van der Waals surface area contributed by atoms with Gasteiger partial charge in [-0.3, -0.25) is 0 Å². The normalized spacial score (nSPS) is 11.6. The quantitative estimate of drug-likeness (QED) is 0.722. The number of nitrogens with zero attached hydrogens (tertiary/aromatic N) is 4. The van der Waals surface area contributed by atoms with Gasteiger partial charge in [0.25, 0.3) is 0 Å². The molecule has 0 atom stereocenters. The summed E-state index contributed by atoms with van der Waals surface area (Å²) in [7, 11) is 0. The van der Waals surface area contributed by atoms with Crippen LogP contribution in [0.2, 0.25) is 0 Å². The summed E-state index contributed by atoms with van der Waals surface area (Å²) in [5, 5.41) is 0. The van der Waals surface area contributed by atoms with Gasteiger partial charge in [0.05, 0.1) is 12.0 Å². The van der Waals surface area contributed by atoms with Crippen molar-refractivity contribution in [2.24, 2.45) is 0 Å². The summed E-state index contributed by atoms with van der Waals surface area (Å²) in [5.41, 5.74) is 2.69. The van der Waals surface area contributed by atoms with Gasteiger partial charge in [-0.05, 0) is 19.9 Å². The Balaban J connectivity index is 2.74. The molecule has 72 valence electrons. The summed E-state index contributed by atoms with van der Waals surface area (Å²) in [5.74, 6) is 0. The average molecular weight is 188 g/mol. The molecule has 0 saturated carbocycles. The van der Waals surface area contributed by atoms with Crippen LogP contribution in [-0.4, -0.2) is 19.5 Å². The fraction of sp³-hybridized carbons (Fsp3) is 0.300. The van der Waals surface area contributed by atoms with Crippen LogP contribution in [0.25, 0.3) is 17.2 Å². The highest BCUT2D eigenvalue weighted by Gasteiger charge is 2.06. The predicted molar refractivity (Wildman–Crippen MR) is 55.7 cm³/mol. The molecule has 2 aromatic heterocycles. The van der Waals surface area contributed by atoms with Crippen LogP contribution < -0.4 is 0 Å². The molecule has 0 aliphatic carbocycles. The fourth-order valence-corrected chi connectivity index (χ4v) is 1.45. The lowest BCUT2D eigenvalue weighted by atomic mass is 10.3. The number of imidazole rings is 1. The minimum Gasteiger partial charge on any atom is -0.328 e. The maximum Gasteiger partial charge on any atom is 0.181 e. The zero-order valence-electron chi connectivity index (χ0n) is 8.31. The number of allylic oxidation sites excluding steroid dienone is 1. The van der Waals surface area contributed by atoms with Crippen molar-refractivity contribution >= 4 is 17.2 Å². The van der Waals surface area contributed by atoms with Crippen LogP contribution in [0.5, 0.6) is 0 Å². The van der Waals surface area contributed by atoms with Crippen molar-refractivity contribution in [3.05, 3.63) is 24.4 Å². The van der Waals surface area contributed by atoms with Crippen LogP contribution >= 0.6 is 0 Å². The van der Waals surface area contributed by atoms with E-state index >= 15 is 0 Å². The lowest BCUT2D eigenvalue weighted by Gasteiger charge is -2.00. The Morgan fingerprint density at radius 1 is 1.36 bits per heavy atom. The Hall–Kier alpha value is -1.71. The number of hydrogen-bond donors (Lipinski definition) is 0. The smallest absolute Gasteiger partial charge is 0.181 e. The molecule has 0 aliphatic heterocycles. The second kappa shape index (κ2) is 3.57. The Kier molecular flexibility index (Phi) is 2.26. The minimum atomic E-state index is 0.759. The van der Waals surface area contributed by atoms with Crippen molar-refractivity contribution < 1.29 is 0 Å². The third kappa shape index (κ3) is 1.28. The van der Waals surface area contributed by atoms with E-state index in [-0.39, 0.29) is 0 Å². The predicted octanol–water partition coefficient (Wildman–Crippen LogP) is 1.88. The van der Waals surface area contributed by atoms with Gasteiger partial charge in [0.2, 0.25) is 0 Å². The van der Waals surface area contributed by atoms with E-state index < -0.39 is 0 Å². The number of aryl methyl sites for hydroxylation is 1. The second-order valence-electron chi connectivity index (χ2n) is 2.96. The Bertz CT molecular complexity index is 470. The number of fused-ring (bicyclic) bond motifs is 1. The summed E-state index contributed by atoms with van der Waals surface area (Å²) in [6.07, 6.45) is 7.28. The van der Waals surface area contributed by atoms with Crippen LogP contribution in [0.15, 0.2) is 18.7 Å². The van der Waals surface area contributed by atoms with Crippen LogP contribution in [-0.2, 0) is 6.54 Å². The monoisotopic (exact) mass is 188 g/mol. The number of aromatic nitrogens is 4. The SMILES string of the molecule is C/C=C/c1ncnc2ncn(CC)c12. The van der Waals surface area contributed by atoms with Crippen molar-refractivity contribution in [2.45, 2.75) is 20.4 Å². The maximum absolute atomic E-state index is 4.22. The summed E-state index contributed by atoms with van der Waals surface area (Å²) in [6.45, 7) is 4.93. The first-order valence-electron chi connectivity index (χ1n) is 4.65. The van der Waals surface area contributed by atoms with E-state index in [0.717, 1.165) is 23.4 Å².